The third-order valence-corrected chi connectivity index (χ3v) is 4.05. The minimum Gasteiger partial charge on any atom is -0.374 e. The quantitative estimate of drug-likeness (QED) is 0.740. The molecule has 0 N–H and O–H groups in total. The van der Waals surface area contributed by atoms with Crippen molar-refractivity contribution in [3.8, 4) is 0 Å². The first-order valence-corrected chi connectivity index (χ1v) is 7.05. The monoisotopic (exact) mass is 276 g/mol. The summed E-state index contributed by atoms with van der Waals surface area (Å²) >= 11 is 0. The summed E-state index contributed by atoms with van der Waals surface area (Å²) in [5.74, 6) is -0.0360. The fourth-order valence-electron chi connectivity index (χ4n) is 2.93. The molecule has 1 aromatic rings. The van der Waals surface area contributed by atoms with E-state index >= 15 is 0 Å². The highest BCUT2D eigenvalue weighted by Crippen LogP contribution is 2.23. The van der Waals surface area contributed by atoms with Gasteiger partial charge >= 0.3 is 0 Å². The van der Waals surface area contributed by atoms with Crippen LogP contribution >= 0.6 is 0 Å². The zero-order valence-corrected chi connectivity index (χ0v) is 12.0. The van der Waals surface area contributed by atoms with Gasteiger partial charge < -0.3 is 14.5 Å². The number of likely N-dealkylation sites (tertiary alicyclic amines) is 1. The Morgan fingerprint density at radius 1 is 1.35 bits per heavy atom. The first-order valence-electron chi connectivity index (χ1n) is 7.05. The van der Waals surface area contributed by atoms with Gasteiger partial charge in [-0.2, -0.15) is 0 Å². The van der Waals surface area contributed by atoms with Crippen LogP contribution in [0.4, 0.5) is 0 Å². The van der Waals surface area contributed by atoms with Gasteiger partial charge in [-0.25, -0.2) is 4.98 Å². The SMILES string of the molecule is Cc1cnc(C(=O)N2CCO[C@@H]3CCN(C)C[C@H]32)cn1. The maximum Gasteiger partial charge on any atom is 0.274 e. The average Bonchev–Trinajstić information content (AvgIpc) is 2.46. The first-order chi connectivity index (χ1) is 9.65. The van der Waals surface area contributed by atoms with Crippen LogP contribution < -0.4 is 0 Å². The van der Waals surface area contributed by atoms with E-state index in [0.29, 0.717) is 18.8 Å². The number of fused-ring (bicyclic) bond motifs is 1. The molecule has 20 heavy (non-hydrogen) atoms. The summed E-state index contributed by atoms with van der Waals surface area (Å²) in [7, 11) is 2.08. The molecular weight excluding hydrogens is 256 g/mol. The number of nitrogens with zero attached hydrogens (tertiary/aromatic N) is 4. The number of aryl methyl sites for hydroxylation is 1. The Bertz CT molecular complexity index is 490. The zero-order chi connectivity index (χ0) is 14.1. The molecule has 2 aliphatic rings. The van der Waals surface area contributed by atoms with Crippen molar-refractivity contribution in [1.29, 1.82) is 0 Å². The van der Waals surface area contributed by atoms with Crippen LogP contribution in [0.3, 0.4) is 0 Å². The van der Waals surface area contributed by atoms with Gasteiger partial charge in [0.25, 0.3) is 5.91 Å². The van der Waals surface area contributed by atoms with Gasteiger partial charge in [-0.15, -0.1) is 0 Å². The van der Waals surface area contributed by atoms with E-state index in [1.807, 2.05) is 11.8 Å². The number of rotatable bonds is 1. The van der Waals surface area contributed by atoms with E-state index in [9.17, 15) is 4.79 Å². The second kappa shape index (κ2) is 5.46. The van der Waals surface area contributed by atoms with Gasteiger partial charge in [0.2, 0.25) is 0 Å². The molecule has 2 fully saturated rings. The molecule has 0 radical (unpaired) electrons. The highest BCUT2D eigenvalue weighted by Gasteiger charge is 2.38. The largest absolute Gasteiger partial charge is 0.374 e. The fraction of sp³-hybridized carbons (Fsp3) is 0.643. The summed E-state index contributed by atoms with van der Waals surface area (Å²) < 4.78 is 5.81. The summed E-state index contributed by atoms with van der Waals surface area (Å²) in [4.78, 5) is 25.1. The van der Waals surface area contributed by atoms with Crippen LogP contribution in [0, 0.1) is 6.92 Å². The lowest BCUT2D eigenvalue weighted by Crippen LogP contribution is -2.60. The van der Waals surface area contributed by atoms with Gasteiger partial charge in [-0.3, -0.25) is 9.78 Å². The van der Waals surface area contributed by atoms with E-state index in [1.165, 1.54) is 0 Å². The Balaban J connectivity index is 1.80. The highest BCUT2D eigenvalue weighted by molar-refractivity contribution is 5.92. The normalized spacial score (nSPS) is 27.2. The number of hydrogen-bond donors (Lipinski definition) is 0. The van der Waals surface area contributed by atoms with Crippen LogP contribution in [0.5, 0.6) is 0 Å². The topological polar surface area (TPSA) is 58.6 Å². The molecule has 0 aliphatic carbocycles. The van der Waals surface area contributed by atoms with E-state index in [4.69, 9.17) is 4.74 Å². The number of hydrogen-bond acceptors (Lipinski definition) is 5. The first kappa shape index (κ1) is 13.5. The van der Waals surface area contributed by atoms with Crippen LogP contribution in [-0.4, -0.2) is 71.1 Å². The van der Waals surface area contributed by atoms with Gasteiger partial charge in [0.15, 0.2) is 0 Å². The number of aromatic nitrogens is 2. The molecule has 3 heterocycles. The van der Waals surface area contributed by atoms with Crippen LogP contribution in [0.25, 0.3) is 0 Å². The number of carbonyl (C=O) groups is 1. The fourth-order valence-corrected chi connectivity index (χ4v) is 2.93. The number of amides is 1. The van der Waals surface area contributed by atoms with Crippen molar-refractivity contribution in [3.63, 3.8) is 0 Å². The van der Waals surface area contributed by atoms with Crippen molar-refractivity contribution in [1.82, 2.24) is 19.8 Å². The molecule has 2 atom stereocenters. The van der Waals surface area contributed by atoms with Crippen LogP contribution in [0.15, 0.2) is 12.4 Å². The lowest BCUT2D eigenvalue weighted by molar-refractivity contribution is -0.0871. The van der Waals surface area contributed by atoms with Crippen molar-refractivity contribution in [3.05, 3.63) is 23.8 Å². The summed E-state index contributed by atoms with van der Waals surface area (Å²) in [6, 6.07) is 0.123. The zero-order valence-electron chi connectivity index (χ0n) is 12.0. The molecule has 0 unspecified atom stereocenters. The highest BCUT2D eigenvalue weighted by atomic mass is 16.5. The lowest BCUT2D eigenvalue weighted by atomic mass is 9.99. The third-order valence-electron chi connectivity index (χ3n) is 4.05. The molecule has 2 aliphatic heterocycles. The predicted molar refractivity (Wildman–Crippen MR) is 73.4 cm³/mol. The number of likely N-dealkylation sites (N-methyl/N-ethyl adjacent to an activating group) is 1. The standard InChI is InChI=1S/C14H20N4O2/c1-10-7-16-11(8-15-10)14(19)18-5-6-20-13-3-4-17(2)9-12(13)18/h7-8,12-13H,3-6,9H2,1-2H3/t12-,13-/m1/s1. The van der Waals surface area contributed by atoms with Crippen LogP contribution in [0.2, 0.25) is 0 Å². The molecule has 6 heteroatoms. The molecule has 108 valence electrons. The number of morpholine rings is 1. The van der Waals surface area contributed by atoms with Crippen molar-refractivity contribution < 1.29 is 9.53 Å². The number of ether oxygens (including phenoxy) is 1. The Hall–Kier alpha value is -1.53. The van der Waals surface area contributed by atoms with Crippen molar-refractivity contribution in [2.24, 2.45) is 0 Å². The van der Waals surface area contributed by atoms with Crippen molar-refractivity contribution in [2.45, 2.75) is 25.5 Å². The van der Waals surface area contributed by atoms with E-state index in [-0.39, 0.29) is 18.1 Å². The molecule has 0 spiro atoms. The smallest absolute Gasteiger partial charge is 0.274 e. The molecule has 0 aromatic carbocycles. The summed E-state index contributed by atoms with van der Waals surface area (Å²) in [6.07, 6.45) is 4.33. The Kier molecular flexibility index (Phi) is 3.67. The maximum atomic E-state index is 12.6. The van der Waals surface area contributed by atoms with E-state index in [0.717, 1.165) is 25.2 Å². The van der Waals surface area contributed by atoms with Gasteiger partial charge in [0.05, 0.1) is 30.6 Å². The molecule has 6 nitrogen and oxygen atoms in total. The van der Waals surface area contributed by atoms with Crippen molar-refractivity contribution >= 4 is 5.91 Å². The molecule has 0 bridgehead atoms. The second-order valence-corrected chi connectivity index (χ2v) is 5.57. The Morgan fingerprint density at radius 2 is 2.20 bits per heavy atom. The second-order valence-electron chi connectivity index (χ2n) is 5.57. The molecule has 0 saturated carbocycles. The van der Waals surface area contributed by atoms with Gasteiger partial charge in [-0.1, -0.05) is 0 Å². The Morgan fingerprint density at radius 3 is 2.95 bits per heavy atom. The third kappa shape index (κ3) is 2.53. The lowest BCUT2D eigenvalue weighted by Gasteiger charge is -2.46. The Labute approximate surface area is 118 Å². The number of carbonyl (C=O) groups excluding carboxylic acids is 1. The average molecular weight is 276 g/mol. The summed E-state index contributed by atoms with van der Waals surface area (Å²) in [5.41, 5.74) is 1.24. The molecule has 2 saturated heterocycles. The van der Waals surface area contributed by atoms with Crippen molar-refractivity contribution in [2.75, 3.05) is 33.3 Å². The summed E-state index contributed by atoms with van der Waals surface area (Å²) in [5, 5.41) is 0. The van der Waals surface area contributed by atoms with Gasteiger partial charge in [-0.05, 0) is 20.4 Å². The maximum absolute atomic E-state index is 12.6. The minimum absolute atomic E-state index is 0.0360. The predicted octanol–water partition coefficient (Wildman–Crippen LogP) is 0.330. The number of piperidine rings is 1. The van der Waals surface area contributed by atoms with Crippen LogP contribution in [-0.2, 0) is 4.74 Å². The van der Waals surface area contributed by atoms with E-state index in [1.54, 1.807) is 12.4 Å². The molecule has 1 aromatic heterocycles. The summed E-state index contributed by atoms with van der Waals surface area (Å²) in [6.45, 7) is 4.98. The van der Waals surface area contributed by atoms with Gasteiger partial charge in [0.1, 0.15) is 5.69 Å². The van der Waals surface area contributed by atoms with E-state index in [2.05, 4.69) is 21.9 Å². The van der Waals surface area contributed by atoms with Crippen LogP contribution in [0.1, 0.15) is 22.6 Å². The van der Waals surface area contributed by atoms with Gasteiger partial charge in [0, 0.05) is 25.8 Å². The van der Waals surface area contributed by atoms with E-state index < -0.39 is 0 Å². The minimum atomic E-state index is -0.0360. The molecular formula is C14H20N4O2. The molecule has 1 amide bonds. The molecule has 3 rings (SSSR count).